The van der Waals surface area contributed by atoms with E-state index in [4.69, 9.17) is 0 Å². The second-order valence-electron chi connectivity index (χ2n) is 3.64. The zero-order valence-corrected chi connectivity index (χ0v) is 10.2. The van der Waals surface area contributed by atoms with Crippen molar-refractivity contribution in [3.63, 3.8) is 0 Å². The van der Waals surface area contributed by atoms with E-state index in [-0.39, 0.29) is 17.7 Å². The molecule has 6 heteroatoms. The van der Waals surface area contributed by atoms with Crippen LogP contribution in [0.1, 0.15) is 19.3 Å². The van der Waals surface area contributed by atoms with Gasteiger partial charge in [0.05, 0.1) is 18.5 Å². The second-order valence-corrected chi connectivity index (χ2v) is 4.72. The van der Waals surface area contributed by atoms with Gasteiger partial charge in [-0.2, -0.15) is 0 Å². The molecule has 0 aliphatic heterocycles. The molecule has 0 amide bonds. The van der Waals surface area contributed by atoms with Gasteiger partial charge in [0.2, 0.25) is 0 Å². The average molecular weight is 321 g/mol. The first-order valence-electron chi connectivity index (χ1n) is 4.86. The fourth-order valence-electron chi connectivity index (χ4n) is 1.77. The summed E-state index contributed by atoms with van der Waals surface area (Å²) in [6, 6.07) is 0.0211. The Morgan fingerprint density at radius 2 is 2.40 bits per heavy atom. The van der Waals surface area contributed by atoms with Crippen LogP contribution in [0.3, 0.4) is 0 Å². The summed E-state index contributed by atoms with van der Waals surface area (Å²) in [6.07, 6.45) is 3.79. The molecule has 1 aliphatic rings. The van der Waals surface area contributed by atoms with E-state index in [0.717, 1.165) is 19.3 Å². The number of rotatable bonds is 2. The molecule has 0 saturated heterocycles. The van der Waals surface area contributed by atoms with E-state index in [2.05, 4.69) is 15.3 Å². The molecular formula is C9H12IN3O2. The van der Waals surface area contributed by atoms with E-state index in [9.17, 15) is 9.90 Å². The van der Waals surface area contributed by atoms with Crippen LogP contribution in [0.5, 0.6) is 0 Å². The lowest BCUT2D eigenvalue weighted by Crippen LogP contribution is -2.30. The number of aliphatic hydroxyl groups excluding tert-OH is 1. The van der Waals surface area contributed by atoms with Gasteiger partial charge in [-0.1, -0.05) is 0 Å². The molecule has 0 radical (unpaired) electrons. The van der Waals surface area contributed by atoms with Crippen molar-refractivity contribution in [2.75, 3.05) is 5.32 Å². The first-order chi connectivity index (χ1) is 7.18. The number of hydrogen-bond donors (Lipinski definition) is 3. The zero-order valence-electron chi connectivity index (χ0n) is 8.03. The summed E-state index contributed by atoms with van der Waals surface area (Å²) in [6.45, 7) is 0. The summed E-state index contributed by atoms with van der Waals surface area (Å²) in [5.41, 5.74) is -0.152. The Kier molecular flexibility index (Phi) is 3.25. The highest BCUT2D eigenvalue weighted by molar-refractivity contribution is 14.1. The molecule has 0 spiro atoms. The number of nitrogens with one attached hydrogen (secondary N) is 2. The van der Waals surface area contributed by atoms with Gasteiger partial charge in [0, 0.05) is 0 Å². The van der Waals surface area contributed by atoms with Crippen molar-refractivity contribution in [3.05, 3.63) is 20.3 Å². The second kappa shape index (κ2) is 4.48. The molecule has 1 heterocycles. The Balaban J connectivity index is 2.17. The molecule has 3 N–H and O–H groups in total. The molecule has 1 aromatic heterocycles. The molecule has 1 aromatic rings. The van der Waals surface area contributed by atoms with E-state index >= 15 is 0 Å². The number of aromatic amines is 1. The fourth-order valence-corrected chi connectivity index (χ4v) is 2.22. The van der Waals surface area contributed by atoms with Crippen LogP contribution in [-0.2, 0) is 0 Å². The minimum absolute atomic E-state index is 0.0211. The van der Waals surface area contributed by atoms with Gasteiger partial charge in [-0.3, -0.25) is 4.79 Å². The number of hydrogen-bond acceptors (Lipinski definition) is 4. The Morgan fingerprint density at radius 1 is 1.60 bits per heavy atom. The number of nitrogens with zero attached hydrogens (tertiary/aromatic N) is 1. The minimum Gasteiger partial charge on any atom is -0.391 e. The molecule has 2 rings (SSSR count). The largest absolute Gasteiger partial charge is 0.391 e. The maximum atomic E-state index is 11.3. The van der Waals surface area contributed by atoms with Gasteiger partial charge in [-0.05, 0) is 41.9 Å². The fraction of sp³-hybridized carbons (Fsp3) is 0.556. The molecule has 5 nitrogen and oxygen atoms in total. The molecule has 1 fully saturated rings. The van der Waals surface area contributed by atoms with Crippen LogP contribution in [0.25, 0.3) is 0 Å². The van der Waals surface area contributed by atoms with Gasteiger partial charge in [-0.15, -0.1) is 0 Å². The van der Waals surface area contributed by atoms with E-state index in [1.165, 1.54) is 6.33 Å². The van der Waals surface area contributed by atoms with Crippen LogP contribution in [0.4, 0.5) is 5.82 Å². The molecule has 15 heavy (non-hydrogen) atoms. The third-order valence-electron chi connectivity index (χ3n) is 2.60. The smallest absolute Gasteiger partial charge is 0.266 e. The van der Waals surface area contributed by atoms with Crippen LogP contribution < -0.4 is 10.9 Å². The number of anilines is 1. The standard InChI is InChI=1S/C9H12IN3O2/c10-7-8(11-4-12-9(7)15)13-5-2-1-3-6(5)14/h4-6,14H,1-3H2,(H2,11,12,13,15). The Labute approximate surface area is 100 Å². The van der Waals surface area contributed by atoms with Gasteiger partial charge < -0.3 is 15.4 Å². The molecular weight excluding hydrogens is 309 g/mol. The van der Waals surface area contributed by atoms with E-state index in [0.29, 0.717) is 9.39 Å². The topological polar surface area (TPSA) is 78.0 Å². The summed E-state index contributed by atoms with van der Waals surface area (Å²) < 4.78 is 0.536. The number of aliphatic hydroxyl groups is 1. The Bertz CT molecular complexity index is 407. The normalized spacial score (nSPS) is 25.5. The quantitative estimate of drug-likeness (QED) is 0.701. The van der Waals surface area contributed by atoms with Gasteiger partial charge in [0.1, 0.15) is 9.39 Å². The van der Waals surface area contributed by atoms with Gasteiger partial charge >= 0.3 is 0 Å². The lowest BCUT2D eigenvalue weighted by atomic mass is 10.2. The summed E-state index contributed by atoms with van der Waals surface area (Å²) >= 11 is 1.95. The van der Waals surface area contributed by atoms with Crippen molar-refractivity contribution in [2.24, 2.45) is 0 Å². The summed E-state index contributed by atoms with van der Waals surface area (Å²) in [5.74, 6) is 0.560. The summed E-state index contributed by atoms with van der Waals surface area (Å²) in [5, 5.41) is 12.7. The number of aromatic nitrogens is 2. The molecule has 2 unspecified atom stereocenters. The monoisotopic (exact) mass is 321 g/mol. The predicted molar refractivity (Wildman–Crippen MR) is 64.8 cm³/mol. The highest BCUT2D eigenvalue weighted by atomic mass is 127. The van der Waals surface area contributed by atoms with Crippen molar-refractivity contribution in [3.8, 4) is 0 Å². The zero-order chi connectivity index (χ0) is 10.8. The Hall–Kier alpha value is -0.630. The highest BCUT2D eigenvalue weighted by Crippen LogP contribution is 2.22. The average Bonchev–Trinajstić information content (AvgIpc) is 2.60. The van der Waals surface area contributed by atoms with Gasteiger partial charge in [0.15, 0.2) is 0 Å². The number of halogens is 1. The molecule has 0 aromatic carbocycles. The third kappa shape index (κ3) is 2.31. The maximum Gasteiger partial charge on any atom is 0.266 e. The van der Waals surface area contributed by atoms with Crippen LogP contribution in [0.15, 0.2) is 11.1 Å². The first kappa shape index (κ1) is 10.9. The van der Waals surface area contributed by atoms with Crippen molar-refractivity contribution >= 4 is 28.4 Å². The van der Waals surface area contributed by atoms with Crippen LogP contribution in [0, 0.1) is 3.57 Å². The van der Waals surface area contributed by atoms with Crippen LogP contribution in [-0.4, -0.2) is 27.2 Å². The lowest BCUT2D eigenvalue weighted by Gasteiger charge is -2.17. The molecule has 2 atom stereocenters. The first-order valence-corrected chi connectivity index (χ1v) is 5.94. The minimum atomic E-state index is -0.332. The molecule has 0 bridgehead atoms. The van der Waals surface area contributed by atoms with Gasteiger partial charge in [-0.25, -0.2) is 4.98 Å². The maximum absolute atomic E-state index is 11.3. The van der Waals surface area contributed by atoms with E-state index in [1.54, 1.807) is 0 Å². The highest BCUT2D eigenvalue weighted by Gasteiger charge is 2.25. The van der Waals surface area contributed by atoms with Crippen molar-refractivity contribution < 1.29 is 5.11 Å². The van der Waals surface area contributed by atoms with Crippen LogP contribution >= 0.6 is 22.6 Å². The number of H-pyrrole nitrogens is 1. The Morgan fingerprint density at radius 3 is 3.07 bits per heavy atom. The molecule has 1 saturated carbocycles. The summed E-state index contributed by atoms with van der Waals surface area (Å²) in [7, 11) is 0. The van der Waals surface area contributed by atoms with Gasteiger partial charge in [0.25, 0.3) is 5.56 Å². The lowest BCUT2D eigenvalue weighted by molar-refractivity contribution is 0.171. The van der Waals surface area contributed by atoms with Crippen molar-refractivity contribution in [1.29, 1.82) is 0 Å². The van der Waals surface area contributed by atoms with Crippen LogP contribution in [0.2, 0.25) is 0 Å². The predicted octanol–water partition coefficient (Wildman–Crippen LogP) is 0.700. The van der Waals surface area contributed by atoms with E-state index < -0.39 is 0 Å². The molecule has 1 aliphatic carbocycles. The summed E-state index contributed by atoms with van der Waals surface area (Å²) in [4.78, 5) is 17.8. The SMILES string of the molecule is O=c1[nH]cnc(NC2CCCC2O)c1I. The third-order valence-corrected chi connectivity index (χ3v) is 3.60. The van der Waals surface area contributed by atoms with Crippen molar-refractivity contribution in [2.45, 2.75) is 31.4 Å². The van der Waals surface area contributed by atoms with E-state index in [1.807, 2.05) is 22.6 Å². The van der Waals surface area contributed by atoms with Crippen molar-refractivity contribution in [1.82, 2.24) is 9.97 Å². The molecule has 82 valence electrons.